The van der Waals surface area contributed by atoms with Gasteiger partial charge in [0.2, 0.25) is 0 Å². The zero-order valence-electron chi connectivity index (χ0n) is 9.28. The SMILES string of the molecule is CC(NC1CCC(N)CC1)c1ccco1. The Morgan fingerprint density at radius 2 is 2.13 bits per heavy atom. The summed E-state index contributed by atoms with van der Waals surface area (Å²) in [5.74, 6) is 1.02. The predicted octanol–water partition coefficient (Wildman–Crippen LogP) is 2.20. The fourth-order valence-corrected chi connectivity index (χ4v) is 2.26. The summed E-state index contributed by atoms with van der Waals surface area (Å²) in [6.45, 7) is 2.15. The molecule has 1 aliphatic rings. The van der Waals surface area contributed by atoms with Crippen LogP contribution in [0.1, 0.15) is 44.4 Å². The van der Waals surface area contributed by atoms with Crippen LogP contribution < -0.4 is 11.1 Å². The van der Waals surface area contributed by atoms with Crippen molar-refractivity contribution >= 4 is 0 Å². The number of nitrogens with one attached hydrogen (secondary N) is 1. The second-order valence-electron chi connectivity index (χ2n) is 4.52. The molecule has 1 saturated carbocycles. The van der Waals surface area contributed by atoms with Crippen molar-refractivity contribution in [2.45, 2.75) is 50.7 Å². The molecule has 0 spiro atoms. The van der Waals surface area contributed by atoms with Crippen LogP contribution in [0.4, 0.5) is 0 Å². The molecule has 1 aromatic heterocycles. The Morgan fingerprint density at radius 1 is 1.40 bits per heavy atom. The molecule has 0 radical (unpaired) electrons. The summed E-state index contributed by atoms with van der Waals surface area (Å²) < 4.78 is 5.37. The Balaban J connectivity index is 1.82. The average molecular weight is 208 g/mol. The minimum absolute atomic E-state index is 0.305. The molecule has 0 bridgehead atoms. The van der Waals surface area contributed by atoms with Gasteiger partial charge in [-0.15, -0.1) is 0 Å². The van der Waals surface area contributed by atoms with Gasteiger partial charge in [0.1, 0.15) is 5.76 Å². The molecule has 3 nitrogen and oxygen atoms in total. The lowest BCUT2D eigenvalue weighted by molar-refractivity contribution is 0.305. The van der Waals surface area contributed by atoms with Gasteiger partial charge in [0.15, 0.2) is 0 Å². The van der Waals surface area contributed by atoms with Gasteiger partial charge in [-0.1, -0.05) is 0 Å². The minimum Gasteiger partial charge on any atom is -0.468 e. The number of furan rings is 1. The van der Waals surface area contributed by atoms with E-state index in [0.717, 1.165) is 18.6 Å². The number of nitrogens with two attached hydrogens (primary N) is 1. The van der Waals surface area contributed by atoms with Gasteiger partial charge >= 0.3 is 0 Å². The summed E-state index contributed by atoms with van der Waals surface area (Å²) >= 11 is 0. The maximum absolute atomic E-state index is 5.88. The second kappa shape index (κ2) is 4.81. The van der Waals surface area contributed by atoms with E-state index < -0.39 is 0 Å². The van der Waals surface area contributed by atoms with Crippen molar-refractivity contribution in [3.63, 3.8) is 0 Å². The maximum atomic E-state index is 5.88. The van der Waals surface area contributed by atoms with Crippen LogP contribution >= 0.6 is 0 Å². The maximum Gasteiger partial charge on any atom is 0.120 e. The smallest absolute Gasteiger partial charge is 0.120 e. The van der Waals surface area contributed by atoms with Gasteiger partial charge in [0, 0.05) is 12.1 Å². The summed E-state index contributed by atoms with van der Waals surface area (Å²) in [6.07, 6.45) is 6.38. The van der Waals surface area contributed by atoms with E-state index in [0.29, 0.717) is 18.1 Å². The van der Waals surface area contributed by atoms with Crippen molar-refractivity contribution in [2.24, 2.45) is 5.73 Å². The van der Waals surface area contributed by atoms with E-state index in [4.69, 9.17) is 10.2 Å². The zero-order valence-corrected chi connectivity index (χ0v) is 9.28. The summed E-state index contributed by atoms with van der Waals surface area (Å²) in [4.78, 5) is 0. The van der Waals surface area contributed by atoms with Gasteiger partial charge in [-0.25, -0.2) is 0 Å². The zero-order chi connectivity index (χ0) is 10.7. The van der Waals surface area contributed by atoms with Crippen molar-refractivity contribution in [1.82, 2.24) is 5.32 Å². The lowest BCUT2D eigenvalue weighted by Crippen LogP contribution is -2.38. The summed E-state index contributed by atoms with van der Waals surface area (Å²) in [5.41, 5.74) is 5.88. The first-order valence-corrected chi connectivity index (χ1v) is 5.80. The van der Waals surface area contributed by atoms with Gasteiger partial charge in [0.25, 0.3) is 0 Å². The third-order valence-corrected chi connectivity index (χ3v) is 3.23. The van der Waals surface area contributed by atoms with E-state index in [1.165, 1.54) is 12.8 Å². The minimum atomic E-state index is 0.305. The third-order valence-electron chi connectivity index (χ3n) is 3.23. The Labute approximate surface area is 91.0 Å². The third kappa shape index (κ3) is 2.83. The van der Waals surface area contributed by atoms with E-state index in [1.54, 1.807) is 6.26 Å². The van der Waals surface area contributed by atoms with E-state index in [1.807, 2.05) is 12.1 Å². The van der Waals surface area contributed by atoms with Crippen LogP contribution in [0.15, 0.2) is 22.8 Å². The van der Waals surface area contributed by atoms with E-state index in [9.17, 15) is 0 Å². The molecule has 2 rings (SSSR count). The summed E-state index contributed by atoms with van der Waals surface area (Å²) in [6, 6.07) is 5.28. The van der Waals surface area contributed by atoms with Crippen LogP contribution in [0, 0.1) is 0 Å². The number of hydrogen-bond donors (Lipinski definition) is 2. The monoisotopic (exact) mass is 208 g/mol. The Kier molecular flexibility index (Phi) is 3.44. The molecular formula is C12H20N2O. The highest BCUT2D eigenvalue weighted by Crippen LogP contribution is 2.21. The van der Waals surface area contributed by atoms with Gasteiger partial charge in [-0.2, -0.15) is 0 Å². The Morgan fingerprint density at radius 3 is 2.73 bits per heavy atom. The van der Waals surface area contributed by atoms with Crippen LogP contribution in [-0.4, -0.2) is 12.1 Å². The van der Waals surface area contributed by atoms with E-state index >= 15 is 0 Å². The first kappa shape index (κ1) is 10.7. The highest BCUT2D eigenvalue weighted by Gasteiger charge is 2.20. The molecule has 1 fully saturated rings. The Hall–Kier alpha value is -0.800. The molecule has 1 atom stereocenters. The first-order valence-electron chi connectivity index (χ1n) is 5.80. The summed E-state index contributed by atoms with van der Waals surface area (Å²) in [7, 11) is 0. The number of rotatable bonds is 3. The van der Waals surface area contributed by atoms with Crippen LogP contribution in [-0.2, 0) is 0 Å². The predicted molar refractivity (Wildman–Crippen MR) is 60.5 cm³/mol. The molecule has 1 aromatic rings. The average Bonchev–Trinajstić information content (AvgIpc) is 2.74. The molecule has 0 aliphatic heterocycles. The Bertz CT molecular complexity index is 276. The molecule has 1 heterocycles. The quantitative estimate of drug-likeness (QED) is 0.800. The van der Waals surface area contributed by atoms with Crippen LogP contribution in [0.25, 0.3) is 0 Å². The molecule has 3 N–H and O–H groups in total. The van der Waals surface area contributed by atoms with Gasteiger partial charge in [0.05, 0.1) is 12.3 Å². The molecule has 1 aliphatic carbocycles. The molecule has 0 saturated heterocycles. The van der Waals surface area contributed by atoms with E-state index in [-0.39, 0.29) is 0 Å². The molecular weight excluding hydrogens is 188 g/mol. The van der Waals surface area contributed by atoms with Crippen LogP contribution in [0.3, 0.4) is 0 Å². The number of hydrogen-bond acceptors (Lipinski definition) is 3. The van der Waals surface area contributed by atoms with Crippen LogP contribution in [0.2, 0.25) is 0 Å². The van der Waals surface area contributed by atoms with Crippen molar-refractivity contribution in [3.05, 3.63) is 24.2 Å². The summed E-state index contributed by atoms with van der Waals surface area (Å²) in [5, 5.41) is 3.59. The van der Waals surface area contributed by atoms with Crippen LogP contribution in [0.5, 0.6) is 0 Å². The van der Waals surface area contributed by atoms with Gasteiger partial charge in [-0.3, -0.25) is 0 Å². The van der Waals surface area contributed by atoms with Crippen molar-refractivity contribution in [1.29, 1.82) is 0 Å². The molecule has 84 valence electrons. The largest absolute Gasteiger partial charge is 0.468 e. The lowest BCUT2D eigenvalue weighted by atomic mass is 9.91. The first-order chi connectivity index (χ1) is 7.25. The highest BCUT2D eigenvalue weighted by molar-refractivity contribution is 5.03. The molecule has 1 unspecified atom stereocenters. The van der Waals surface area contributed by atoms with Gasteiger partial charge in [-0.05, 0) is 44.7 Å². The molecule has 0 amide bonds. The normalized spacial score (nSPS) is 28.9. The standard InChI is InChI=1S/C12H20N2O/c1-9(12-3-2-8-15-12)14-11-6-4-10(13)5-7-11/h2-3,8-11,14H,4-7,13H2,1H3. The fourth-order valence-electron chi connectivity index (χ4n) is 2.26. The molecule has 15 heavy (non-hydrogen) atoms. The molecule has 3 heteroatoms. The van der Waals surface area contributed by atoms with Gasteiger partial charge < -0.3 is 15.5 Å². The van der Waals surface area contributed by atoms with Crippen molar-refractivity contribution in [2.75, 3.05) is 0 Å². The van der Waals surface area contributed by atoms with Crippen molar-refractivity contribution in [3.8, 4) is 0 Å². The highest BCUT2D eigenvalue weighted by atomic mass is 16.3. The van der Waals surface area contributed by atoms with E-state index in [2.05, 4.69) is 12.2 Å². The van der Waals surface area contributed by atoms with Crippen molar-refractivity contribution < 1.29 is 4.42 Å². The topological polar surface area (TPSA) is 51.2 Å². The fraction of sp³-hybridized carbons (Fsp3) is 0.667. The second-order valence-corrected chi connectivity index (χ2v) is 4.52. The molecule has 0 aromatic carbocycles. The lowest BCUT2D eigenvalue weighted by Gasteiger charge is -2.28.